The standard InChI is InChI=1S/C11H17Cl2N3/c1-4-5-6-7-11(2,3)8-14-9(12)16-10(13)15-8/h4-7H2,1-3H3. The van der Waals surface area contributed by atoms with Gasteiger partial charge in [-0.1, -0.05) is 40.0 Å². The van der Waals surface area contributed by atoms with E-state index in [0.717, 1.165) is 12.8 Å². The van der Waals surface area contributed by atoms with Crippen molar-refractivity contribution in [1.82, 2.24) is 15.0 Å². The van der Waals surface area contributed by atoms with Gasteiger partial charge in [-0.2, -0.15) is 4.98 Å². The van der Waals surface area contributed by atoms with Gasteiger partial charge in [-0.05, 0) is 29.6 Å². The summed E-state index contributed by atoms with van der Waals surface area (Å²) in [6.07, 6.45) is 4.60. The van der Waals surface area contributed by atoms with E-state index in [2.05, 4.69) is 35.7 Å². The summed E-state index contributed by atoms with van der Waals surface area (Å²) in [5, 5.41) is 0.331. The van der Waals surface area contributed by atoms with Crippen molar-refractivity contribution in [3.05, 3.63) is 16.4 Å². The maximum absolute atomic E-state index is 5.77. The Bertz CT molecular complexity index is 333. The molecular weight excluding hydrogens is 245 g/mol. The van der Waals surface area contributed by atoms with E-state index < -0.39 is 0 Å². The third-order valence-electron chi connectivity index (χ3n) is 2.59. The Balaban J connectivity index is 2.80. The summed E-state index contributed by atoms with van der Waals surface area (Å²) in [5.74, 6) is 0.675. The number of hydrogen-bond acceptors (Lipinski definition) is 3. The van der Waals surface area contributed by atoms with Gasteiger partial charge in [0.25, 0.3) is 0 Å². The molecule has 1 heterocycles. The van der Waals surface area contributed by atoms with Crippen molar-refractivity contribution in [1.29, 1.82) is 0 Å². The van der Waals surface area contributed by atoms with Gasteiger partial charge in [0.15, 0.2) is 0 Å². The fourth-order valence-electron chi connectivity index (χ4n) is 1.56. The monoisotopic (exact) mass is 261 g/mol. The van der Waals surface area contributed by atoms with Crippen LogP contribution in [-0.2, 0) is 5.41 Å². The molecule has 0 spiro atoms. The van der Waals surface area contributed by atoms with Crippen LogP contribution in [0.2, 0.25) is 10.6 Å². The number of halogens is 2. The molecule has 0 N–H and O–H groups in total. The molecule has 0 radical (unpaired) electrons. The van der Waals surface area contributed by atoms with Crippen LogP contribution < -0.4 is 0 Å². The second-order valence-corrected chi connectivity index (χ2v) is 5.21. The van der Waals surface area contributed by atoms with Crippen LogP contribution in [0.3, 0.4) is 0 Å². The first-order valence-electron chi connectivity index (χ1n) is 5.53. The zero-order valence-electron chi connectivity index (χ0n) is 9.93. The SMILES string of the molecule is CCCCCC(C)(C)c1nc(Cl)nc(Cl)n1. The van der Waals surface area contributed by atoms with Crippen molar-refractivity contribution in [2.24, 2.45) is 0 Å². The fraction of sp³-hybridized carbons (Fsp3) is 0.727. The van der Waals surface area contributed by atoms with E-state index in [-0.39, 0.29) is 16.0 Å². The molecule has 1 aromatic rings. The first-order chi connectivity index (χ1) is 7.45. The van der Waals surface area contributed by atoms with Crippen molar-refractivity contribution >= 4 is 23.2 Å². The minimum absolute atomic E-state index is 0.106. The van der Waals surface area contributed by atoms with Crippen LogP contribution in [0.4, 0.5) is 0 Å². The van der Waals surface area contributed by atoms with E-state index >= 15 is 0 Å². The topological polar surface area (TPSA) is 38.7 Å². The highest BCUT2D eigenvalue weighted by Gasteiger charge is 2.24. The Labute approximate surface area is 107 Å². The Morgan fingerprint density at radius 2 is 1.56 bits per heavy atom. The smallest absolute Gasteiger partial charge is 0.202 e. The Hall–Kier alpha value is -0.410. The zero-order chi connectivity index (χ0) is 12.2. The van der Waals surface area contributed by atoms with Crippen molar-refractivity contribution in [3.8, 4) is 0 Å². The predicted octanol–water partition coefficient (Wildman–Crippen LogP) is 4.04. The molecule has 5 heteroatoms. The molecule has 3 nitrogen and oxygen atoms in total. The second kappa shape index (κ2) is 5.78. The first-order valence-corrected chi connectivity index (χ1v) is 6.29. The number of unbranched alkanes of at least 4 members (excludes halogenated alkanes) is 2. The van der Waals surface area contributed by atoms with Gasteiger partial charge in [-0.25, -0.2) is 9.97 Å². The van der Waals surface area contributed by atoms with E-state index in [1.807, 2.05) is 0 Å². The molecule has 16 heavy (non-hydrogen) atoms. The average Bonchev–Trinajstić information content (AvgIpc) is 2.16. The molecule has 0 amide bonds. The molecular formula is C11H17Cl2N3. The Kier molecular flexibility index (Phi) is 4.93. The van der Waals surface area contributed by atoms with Crippen LogP contribution in [0.25, 0.3) is 0 Å². The number of hydrogen-bond donors (Lipinski definition) is 0. The fourth-order valence-corrected chi connectivity index (χ4v) is 1.92. The van der Waals surface area contributed by atoms with Gasteiger partial charge in [-0.15, -0.1) is 0 Å². The minimum atomic E-state index is -0.106. The zero-order valence-corrected chi connectivity index (χ0v) is 11.4. The molecule has 1 rings (SSSR count). The van der Waals surface area contributed by atoms with Gasteiger partial charge < -0.3 is 0 Å². The summed E-state index contributed by atoms with van der Waals surface area (Å²) < 4.78 is 0. The van der Waals surface area contributed by atoms with Crippen molar-refractivity contribution in [2.45, 2.75) is 51.9 Å². The van der Waals surface area contributed by atoms with Crippen LogP contribution in [-0.4, -0.2) is 15.0 Å². The molecule has 0 aromatic carbocycles. The molecule has 0 bridgehead atoms. The van der Waals surface area contributed by atoms with Gasteiger partial charge >= 0.3 is 0 Å². The van der Waals surface area contributed by atoms with Crippen LogP contribution in [0.1, 0.15) is 52.3 Å². The predicted molar refractivity (Wildman–Crippen MR) is 67.0 cm³/mol. The third-order valence-corrected chi connectivity index (χ3v) is 2.93. The number of nitrogens with zero attached hydrogens (tertiary/aromatic N) is 3. The third kappa shape index (κ3) is 3.87. The van der Waals surface area contributed by atoms with Crippen LogP contribution in [0.5, 0.6) is 0 Å². The van der Waals surface area contributed by atoms with E-state index in [1.165, 1.54) is 12.8 Å². The highest BCUT2D eigenvalue weighted by Crippen LogP contribution is 2.27. The highest BCUT2D eigenvalue weighted by atomic mass is 35.5. The largest absolute Gasteiger partial charge is 0.226 e. The lowest BCUT2D eigenvalue weighted by molar-refractivity contribution is 0.424. The lowest BCUT2D eigenvalue weighted by Gasteiger charge is -2.22. The molecule has 0 fully saturated rings. The maximum atomic E-state index is 5.77. The average molecular weight is 262 g/mol. The molecule has 0 atom stereocenters. The normalized spacial score (nSPS) is 11.8. The Morgan fingerprint density at radius 3 is 2.06 bits per heavy atom. The van der Waals surface area contributed by atoms with Gasteiger partial charge in [0, 0.05) is 5.41 Å². The van der Waals surface area contributed by atoms with E-state index in [4.69, 9.17) is 23.2 Å². The summed E-state index contributed by atoms with van der Waals surface area (Å²) in [7, 11) is 0. The van der Waals surface area contributed by atoms with Gasteiger partial charge in [0.05, 0.1) is 0 Å². The van der Waals surface area contributed by atoms with Gasteiger partial charge in [-0.3, -0.25) is 0 Å². The maximum Gasteiger partial charge on any atom is 0.226 e. The molecule has 0 unspecified atom stereocenters. The Morgan fingerprint density at radius 1 is 1.00 bits per heavy atom. The van der Waals surface area contributed by atoms with Crippen LogP contribution >= 0.6 is 23.2 Å². The summed E-state index contributed by atoms with van der Waals surface area (Å²) in [5.41, 5.74) is -0.106. The van der Waals surface area contributed by atoms with Gasteiger partial charge in [0.1, 0.15) is 5.82 Å². The molecule has 0 saturated heterocycles. The number of aromatic nitrogens is 3. The summed E-state index contributed by atoms with van der Waals surface area (Å²) in [6, 6.07) is 0. The summed E-state index contributed by atoms with van der Waals surface area (Å²) in [6.45, 7) is 6.39. The van der Waals surface area contributed by atoms with Crippen molar-refractivity contribution in [3.63, 3.8) is 0 Å². The first kappa shape index (κ1) is 13.7. The van der Waals surface area contributed by atoms with Crippen LogP contribution in [0, 0.1) is 0 Å². The van der Waals surface area contributed by atoms with Gasteiger partial charge in [0.2, 0.25) is 10.6 Å². The second-order valence-electron chi connectivity index (χ2n) is 4.54. The summed E-state index contributed by atoms with van der Waals surface area (Å²) >= 11 is 11.5. The van der Waals surface area contributed by atoms with Crippen molar-refractivity contribution < 1.29 is 0 Å². The summed E-state index contributed by atoms with van der Waals surface area (Å²) in [4.78, 5) is 12.0. The molecule has 0 saturated carbocycles. The molecule has 0 aliphatic carbocycles. The minimum Gasteiger partial charge on any atom is -0.202 e. The molecule has 0 aliphatic heterocycles. The molecule has 90 valence electrons. The lowest BCUT2D eigenvalue weighted by atomic mass is 9.86. The highest BCUT2D eigenvalue weighted by molar-refractivity contribution is 6.31. The van der Waals surface area contributed by atoms with Crippen LogP contribution in [0.15, 0.2) is 0 Å². The van der Waals surface area contributed by atoms with E-state index in [9.17, 15) is 0 Å². The van der Waals surface area contributed by atoms with Crippen molar-refractivity contribution in [2.75, 3.05) is 0 Å². The van der Waals surface area contributed by atoms with E-state index in [1.54, 1.807) is 0 Å². The lowest BCUT2D eigenvalue weighted by Crippen LogP contribution is -2.21. The molecule has 1 aromatic heterocycles. The quantitative estimate of drug-likeness (QED) is 0.752. The van der Waals surface area contributed by atoms with E-state index in [0.29, 0.717) is 5.82 Å². The molecule has 0 aliphatic rings. The number of rotatable bonds is 5.